The fourth-order valence-corrected chi connectivity index (χ4v) is 0.641. The van der Waals surface area contributed by atoms with Crippen LogP contribution in [-0.4, -0.2) is 0 Å². The molecule has 1 nitrogen and oxygen atoms in total. The maximum Gasteiger partial charge on any atom is 0.0457 e. The van der Waals surface area contributed by atoms with Gasteiger partial charge in [0.25, 0.3) is 0 Å². The second-order valence-electron chi connectivity index (χ2n) is 1.70. The molecule has 0 unspecified atom stereocenters. The van der Waals surface area contributed by atoms with Crippen molar-refractivity contribution >= 4 is 0 Å². The Morgan fingerprint density at radius 1 is 1.29 bits per heavy atom. The molecule has 0 saturated heterocycles. The summed E-state index contributed by atoms with van der Waals surface area (Å²) in [6.07, 6.45) is 7.87. The Morgan fingerprint density at radius 2 is 2.29 bits per heavy atom. The van der Waals surface area contributed by atoms with Gasteiger partial charge in [0.05, 0.1) is 0 Å². The molecule has 0 aromatic rings. The van der Waals surface area contributed by atoms with Crippen LogP contribution in [0.15, 0.2) is 12.3 Å². The van der Waals surface area contributed by atoms with Gasteiger partial charge in [-0.2, -0.15) is 0 Å². The number of rotatable bonds is 0. The maximum atomic E-state index is 3.04. The molecule has 1 heteroatoms. The van der Waals surface area contributed by atoms with Crippen LogP contribution in [-0.2, 0) is 0 Å². The molecular weight excluding hydrogens is 86.1 g/mol. The summed E-state index contributed by atoms with van der Waals surface area (Å²) in [4.78, 5) is 0. The zero-order valence-electron chi connectivity index (χ0n) is 4.35. The highest BCUT2D eigenvalue weighted by molar-refractivity contribution is 4.86. The number of hydrogen-bond acceptors (Lipinski definition) is 1. The van der Waals surface area contributed by atoms with Gasteiger partial charge in [-0.25, -0.2) is 0 Å². The molecule has 0 saturated carbocycles. The van der Waals surface area contributed by atoms with E-state index < -0.39 is 0 Å². The van der Waals surface area contributed by atoms with E-state index >= 15 is 0 Å². The summed E-state index contributed by atoms with van der Waals surface area (Å²) < 4.78 is 0. The predicted molar refractivity (Wildman–Crippen MR) is 30.4 cm³/mol. The first-order chi connectivity index (χ1) is 3.50. The summed E-state index contributed by atoms with van der Waals surface area (Å²) >= 11 is 0. The molecule has 0 fully saturated rings. The highest BCUT2D eigenvalue weighted by atomic mass is 14.8. The van der Waals surface area contributed by atoms with E-state index in [-0.39, 0.29) is 0 Å². The van der Waals surface area contributed by atoms with E-state index in [0.29, 0.717) is 0 Å². The van der Waals surface area contributed by atoms with Crippen molar-refractivity contribution in [3.05, 3.63) is 18.8 Å². The lowest BCUT2D eigenvalue weighted by atomic mass is 10.2. The number of nitrogens with one attached hydrogen (secondary N) is 1. The van der Waals surface area contributed by atoms with Crippen LogP contribution in [0.1, 0.15) is 19.3 Å². The molecule has 0 amide bonds. The van der Waals surface area contributed by atoms with Crippen LogP contribution >= 0.6 is 0 Å². The lowest BCUT2D eigenvalue weighted by Crippen LogP contribution is -1.95. The van der Waals surface area contributed by atoms with Crippen LogP contribution in [0.5, 0.6) is 0 Å². The van der Waals surface area contributed by atoms with E-state index in [1.165, 1.54) is 19.3 Å². The number of hydrogen-bond donors (Lipinski definition) is 1. The van der Waals surface area contributed by atoms with E-state index in [9.17, 15) is 0 Å². The summed E-state index contributed by atoms with van der Waals surface area (Å²) in [7, 11) is 0. The minimum Gasteiger partial charge on any atom is -0.386 e. The molecule has 1 radical (unpaired) electrons. The van der Waals surface area contributed by atoms with E-state index in [4.69, 9.17) is 0 Å². The fraction of sp³-hybridized carbons (Fsp3) is 0.500. The SMILES string of the molecule is [CH]1CCCC=CN1. The number of allylic oxidation sites excluding steroid dienone is 1. The van der Waals surface area contributed by atoms with Crippen molar-refractivity contribution in [3.63, 3.8) is 0 Å². The second kappa shape index (κ2) is 2.67. The fourth-order valence-electron chi connectivity index (χ4n) is 0.641. The molecular formula is C6H10N. The van der Waals surface area contributed by atoms with E-state index in [1.54, 1.807) is 0 Å². The Hall–Kier alpha value is -0.460. The Balaban J connectivity index is 2.20. The Kier molecular flexibility index (Phi) is 1.79. The van der Waals surface area contributed by atoms with Gasteiger partial charge in [0.2, 0.25) is 0 Å². The van der Waals surface area contributed by atoms with Crippen LogP contribution in [0.25, 0.3) is 0 Å². The van der Waals surface area contributed by atoms with Crippen molar-refractivity contribution < 1.29 is 0 Å². The predicted octanol–water partition coefficient (Wildman–Crippen LogP) is 1.44. The standard InChI is InChI=1S/C6H10N/c1-2-4-6-7-5-3-1/h3,5-7H,1-2,4H2. The van der Waals surface area contributed by atoms with Crippen LogP contribution in [0, 0.1) is 6.54 Å². The Bertz CT molecular complexity index is 58.6. The normalized spacial score (nSPS) is 20.6. The van der Waals surface area contributed by atoms with Gasteiger partial charge in [0.1, 0.15) is 0 Å². The van der Waals surface area contributed by atoms with Crippen molar-refractivity contribution in [2.24, 2.45) is 0 Å². The molecule has 39 valence electrons. The first kappa shape index (κ1) is 4.69. The topological polar surface area (TPSA) is 12.0 Å². The molecule has 1 N–H and O–H groups in total. The van der Waals surface area contributed by atoms with Gasteiger partial charge < -0.3 is 5.32 Å². The molecule has 1 rings (SSSR count). The van der Waals surface area contributed by atoms with Gasteiger partial charge in [-0.1, -0.05) is 6.08 Å². The van der Waals surface area contributed by atoms with Crippen molar-refractivity contribution in [2.45, 2.75) is 19.3 Å². The monoisotopic (exact) mass is 96.1 g/mol. The molecule has 1 aliphatic rings. The average Bonchev–Trinajstić information content (AvgIpc) is 1.90. The smallest absolute Gasteiger partial charge is 0.0457 e. The van der Waals surface area contributed by atoms with Crippen molar-refractivity contribution in [3.8, 4) is 0 Å². The molecule has 1 heterocycles. The Labute approximate surface area is 44.4 Å². The molecule has 0 spiro atoms. The average molecular weight is 96.2 g/mol. The Morgan fingerprint density at radius 3 is 3.29 bits per heavy atom. The van der Waals surface area contributed by atoms with Crippen LogP contribution in [0.4, 0.5) is 0 Å². The quantitative estimate of drug-likeness (QED) is 0.481. The largest absolute Gasteiger partial charge is 0.386 e. The van der Waals surface area contributed by atoms with Crippen LogP contribution < -0.4 is 5.32 Å². The third kappa shape index (κ3) is 1.62. The van der Waals surface area contributed by atoms with E-state index in [2.05, 4.69) is 17.9 Å². The molecule has 0 atom stereocenters. The summed E-state index contributed by atoms with van der Waals surface area (Å²) in [6.45, 7) is 2.09. The molecule has 1 aliphatic heterocycles. The lowest BCUT2D eigenvalue weighted by molar-refractivity contribution is 0.811. The zero-order valence-corrected chi connectivity index (χ0v) is 4.35. The van der Waals surface area contributed by atoms with Gasteiger partial charge in [-0.05, 0) is 25.5 Å². The molecule has 0 aromatic carbocycles. The van der Waals surface area contributed by atoms with Crippen molar-refractivity contribution in [1.29, 1.82) is 0 Å². The first-order valence-electron chi connectivity index (χ1n) is 2.73. The maximum absolute atomic E-state index is 3.04. The second-order valence-corrected chi connectivity index (χ2v) is 1.70. The van der Waals surface area contributed by atoms with Crippen LogP contribution in [0.3, 0.4) is 0 Å². The summed E-state index contributed by atoms with van der Waals surface area (Å²) in [5, 5.41) is 3.04. The summed E-state index contributed by atoms with van der Waals surface area (Å²) in [5.41, 5.74) is 0. The molecule has 0 bridgehead atoms. The van der Waals surface area contributed by atoms with E-state index in [0.717, 1.165) is 0 Å². The molecule has 0 aromatic heterocycles. The van der Waals surface area contributed by atoms with Gasteiger partial charge in [-0.15, -0.1) is 0 Å². The lowest BCUT2D eigenvalue weighted by Gasteiger charge is -1.89. The first-order valence-corrected chi connectivity index (χ1v) is 2.73. The molecule has 7 heavy (non-hydrogen) atoms. The van der Waals surface area contributed by atoms with Gasteiger partial charge in [0.15, 0.2) is 0 Å². The summed E-state index contributed by atoms with van der Waals surface area (Å²) in [5.74, 6) is 0. The minimum absolute atomic E-state index is 1.20. The summed E-state index contributed by atoms with van der Waals surface area (Å²) in [6, 6.07) is 0. The van der Waals surface area contributed by atoms with Crippen molar-refractivity contribution in [2.75, 3.05) is 0 Å². The third-order valence-electron chi connectivity index (χ3n) is 1.05. The van der Waals surface area contributed by atoms with Gasteiger partial charge >= 0.3 is 0 Å². The van der Waals surface area contributed by atoms with Crippen molar-refractivity contribution in [1.82, 2.24) is 5.32 Å². The van der Waals surface area contributed by atoms with Crippen LogP contribution in [0.2, 0.25) is 0 Å². The minimum atomic E-state index is 1.20. The van der Waals surface area contributed by atoms with Gasteiger partial charge in [0, 0.05) is 6.54 Å². The highest BCUT2D eigenvalue weighted by Gasteiger charge is 1.87. The molecule has 0 aliphatic carbocycles. The highest BCUT2D eigenvalue weighted by Crippen LogP contribution is 2.00. The van der Waals surface area contributed by atoms with Gasteiger partial charge in [-0.3, -0.25) is 0 Å². The van der Waals surface area contributed by atoms with E-state index in [1.807, 2.05) is 6.20 Å². The zero-order chi connectivity index (χ0) is 4.95. The third-order valence-corrected chi connectivity index (χ3v) is 1.05.